The van der Waals surface area contributed by atoms with Crippen LogP contribution in [0.15, 0.2) is 23.5 Å². The van der Waals surface area contributed by atoms with Gasteiger partial charge in [-0.25, -0.2) is 13.4 Å². The zero-order valence-corrected chi connectivity index (χ0v) is 24.6. The third-order valence-corrected chi connectivity index (χ3v) is 9.73. The molecule has 0 aliphatic carbocycles. The number of fused-ring (bicyclic) bond motifs is 1. The lowest BCUT2D eigenvalue weighted by molar-refractivity contribution is 0.256. The molecule has 3 N–H and O–H groups in total. The number of hydrogen-bond acceptors (Lipinski definition) is 9. The van der Waals surface area contributed by atoms with Crippen molar-refractivity contribution in [2.24, 2.45) is 0 Å². The van der Waals surface area contributed by atoms with Crippen molar-refractivity contribution in [1.29, 1.82) is 0 Å². The van der Waals surface area contributed by atoms with Gasteiger partial charge in [-0.1, -0.05) is 11.6 Å². The highest BCUT2D eigenvalue weighted by Gasteiger charge is 2.31. The molecule has 39 heavy (non-hydrogen) atoms. The summed E-state index contributed by atoms with van der Waals surface area (Å²) >= 11 is 6.44. The van der Waals surface area contributed by atoms with E-state index in [1.165, 1.54) is 22.9 Å². The first-order chi connectivity index (χ1) is 18.6. The Morgan fingerprint density at radius 2 is 1.97 bits per heavy atom. The number of nitrogens with zero attached hydrogens (tertiary/aromatic N) is 4. The Bertz CT molecular complexity index is 1480. The van der Waals surface area contributed by atoms with Crippen molar-refractivity contribution in [3.63, 3.8) is 0 Å². The SMILES string of the molecule is CCn1cc(Nc2nc(Nc3cc(C)c(C4CCNCC4)c4c3O[C@H](C)C4)ncc2Cl)c(S(=O)(=O)C(C)C)n1. The first-order valence-electron chi connectivity index (χ1n) is 13.5. The Kier molecular flexibility index (Phi) is 7.76. The van der Waals surface area contributed by atoms with E-state index in [1.54, 1.807) is 24.7 Å². The summed E-state index contributed by atoms with van der Waals surface area (Å²) in [6, 6.07) is 2.11. The van der Waals surface area contributed by atoms with Crippen LogP contribution in [0, 0.1) is 6.92 Å². The lowest BCUT2D eigenvalue weighted by atomic mass is 9.83. The van der Waals surface area contributed by atoms with Crippen molar-refractivity contribution in [2.45, 2.75) is 82.7 Å². The molecule has 1 saturated heterocycles. The minimum Gasteiger partial charge on any atom is -0.488 e. The Labute approximate surface area is 234 Å². The number of halogens is 1. The van der Waals surface area contributed by atoms with Crippen LogP contribution in [0.25, 0.3) is 0 Å². The highest BCUT2D eigenvalue weighted by molar-refractivity contribution is 7.92. The summed E-state index contributed by atoms with van der Waals surface area (Å²) < 4.78 is 33.8. The second-order valence-electron chi connectivity index (χ2n) is 10.6. The average Bonchev–Trinajstić information content (AvgIpc) is 3.50. The van der Waals surface area contributed by atoms with E-state index in [1.807, 2.05) is 6.92 Å². The number of aromatic nitrogens is 4. The molecule has 3 aromatic rings. The van der Waals surface area contributed by atoms with Crippen LogP contribution < -0.4 is 20.7 Å². The highest BCUT2D eigenvalue weighted by Crippen LogP contribution is 2.45. The predicted octanol–water partition coefficient (Wildman–Crippen LogP) is 5.11. The van der Waals surface area contributed by atoms with Crippen LogP contribution in [0.4, 0.5) is 23.1 Å². The molecule has 12 heteroatoms. The molecule has 2 aliphatic heterocycles. The fourth-order valence-corrected chi connectivity index (χ4v) is 6.58. The number of ether oxygens (including phenoxy) is 1. The van der Waals surface area contributed by atoms with Gasteiger partial charge in [-0.2, -0.15) is 10.1 Å². The molecular formula is C27H36ClN7O3S. The van der Waals surface area contributed by atoms with Gasteiger partial charge in [0.15, 0.2) is 5.82 Å². The van der Waals surface area contributed by atoms with Gasteiger partial charge in [0.05, 0.1) is 22.8 Å². The smallest absolute Gasteiger partial charge is 0.229 e. The van der Waals surface area contributed by atoms with Gasteiger partial charge in [0, 0.05) is 24.7 Å². The van der Waals surface area contributed by atoms with Crippen LogP contribution in [0.1, 0.15) is 63.1 Å². The summed E-state index contributed by atoms with van der Waals surface area (Å²) in [6.45, 7) is 12.0. The lowest BCUT2D eigenvalue weighted by Gasteiger charge is -2.27. The van der Waals surface area contributed by atoms with Crippen LogP contribution in [0.3, 0.4) is 0 Å². The van der Waals surface area contributed by atoms with Crippen LogP contribution in [-0.2, 0) is 22.8 Å². The molecule has 210 valence electrons. The zero-order valence-electron chi connectivity index (χ0n) is 23.0. The van der Waals surface area contributed by atoms with Crippen LogP contribution in [-0.4, -0.2) is 52.6 Å². The fourth-order valence-electron chi connectivity index (χ4n) is 5.37. The molecule has 5 rings (SSSR count). The van der Waals surface area contributed by atoms with Crippen LogP contribution >= 0.6 is 11.6 Å². The average molecular weight is 574 g/mol. The van der Waals surface area contributed by atoms with E-state index in [-0.39, 0.29) is 22.0 Å². The van der Waals surface area contributed by atoms with Crippen molar-refractivity contribution in [2.75, 3.05) is 23.7 Å². The maximum absolute atomic E-state index is 13.0. The van der Waals surface area contributed by atoms with Crippen molar-refractivity contribution in [3.05, 3.63) is 40.2 Å². The number of aryl methyl sites for hydroxylation is 2. The fraction of sp³-hybridized carbons (Fsp3) is 0.519. The van der Waals surface area contributed by atoms with E-state index in [9.17, 15) is 8.42 Å². The van der Waals surface area contributed by atoms with Gasteiger partial charge < -0.3 is 20.7 Å². The summed E-state index contributed by atoms with van der Waals surface area (Å²) in [4.78, 5) is 8.98. The highest BCUT2D eigenvalue weighted by atomic mass is 35.5. The third kappa shape index (κ3) is 5.44. The summed E-state index contributed by atoms with van der Waals surface area (Å²) in [5.74, 6) is 1.96. The molecule has 1 fully saturated rings. The number of anilines is 4. The predicted molar refractivity (Wildman–Crippen MR) is 154 cm³/mol. The largest absolute Gasteiger partial charge is 0.488 e. The first kappa shape index (κ1) is 27.7. The lowest BCUT2D eigenvalue weighted by Crippen LogP contribution is -2.27. The number of nitrogens with one attached hydrogen (secondary N) is 3. The summed E-state index contributed by atoms with van der Waals surface area (Å²) in [7, 11) is -3.64. The Hall–Kier alpha value is -2.89. The Morgan fingerprint density at radius 1 is 1.23 bits per heavy atom. The molecule has 0 radical (unpaired) electrons. The van der Waals surface area contributed by atoms with Gasteiger partial charge in [-0.05, 0) is 83.7 Å². The molecule has 0 spiro atoms. The molecule has 1 atom stereocenters. The van der Waals surface area contributed by atoms with Gasteiger partial charge in [0.25, 0.3) is 0 Å². The Balaban J connectivity index is 1.48. The van der Waals surface area contributed by atoms with E-state index in [2.05, 4.69) is 50.9 Å². The second kappa shape index (κ2) is 10.9. The van der Waals surface area contributed by atoms with Crippen LogP contribution in [0.5, 0.6) is 5.75 Å². The Morgan fingerprint density at radius 3 is 2.67 bits per heavy atom. The molecule has 0 saturated carbocycles. The monoisotopic (exact) mass is 573 g/mol. The van der Waals surface area contributed by atoms with Gasteiger partial charge in [-0.3, -0.25) is 4.68 Å². The zero-order chi connectivity index (χ0) is 27.9. The normalized spacial score (nSPS) is 17.8. The molecule has 4 heterocycles. The molecule has 2 aliphatic rings. The molecule has 1 aromatic carbocycles. The van der Waals surface area contributed by atoms with Gasteiger partial charge in [0.2, 0.25) is 20.8 Å². The minimum absolute atomic E-state index is 0.0344. The maximum atomic E-state index is 13.0. The van der Waals surface area contributed by atoms with Crippen molar-refractivity contribution >= 4 is 44.6 Å². The molecule has 0 bridgehead atoms. The van der Waals surface area contributed by atoms with E-state index in [4.69, 9.17) is 16.3 Å². The van der Waals surface area contributed by atoms with E-state index in [0.29, 0.717) is 24.1 Å². The van der Waals surface area contributed by atoms with Crippen molar-refractivity contribution in [1.82, 2.24) is 25.1 Å². The third-order valence-electron chi connectivity index (χ3n) is 7.37. The summed E-state index contributed by atoms with van der Waals surface area (Å²) in [5.41, 5.74) is 5.02. The first-order valence-corrected chi connectivity index (χ1v) is 15.4. The standard InChI is InChI=1S/C27H36ClN7O3S/c1-6-35-14-22(26(34-35)39(36,37)15(2)3)31-25-20(28)13-30-27(33-25)32-21-11-16(4)23(18-7-9-29-10-8-18)19-12-17(5)38-24(19)21/h11,13-15,17-18,29H,6-10,12H2,1-5H3,(H2,30,31,32,33)/t17-/m1/s1. The number of rotatable bonds is 8. The van der Waals surface area contributed by atoms with Crippen molar-refractivity contribution < 1.29 is 13.2 Å². The number of sulfone groups is 1. The second-order valence-corrected chi connectivity index (χ2v) is 13.4. The number of piperidine rings is 1. The maximum Gasteiger partial charge on any atom is 0.229 e. The molecule has 10 nitrogen and oxygen atoms in total. The van der Waals surface area contributed by atoms with E-state index in [0.717, 1.165) is 43.8 Å². The van der Waals surface area contributed by atoms with Gasteiger partial charge >= 0.3 is 0 Å². The van der Waals surface area contributed by atoms with Gasteiger partial charge in [0.1, 0.15) is 16.9 Å². The molecule has 0 amide bonds. The number of hydrogen-bond donors (Lipinski definition) is 3. The van der Waals surface area contributed by atoms with Crippen molar-refractivity contribution in [3.8, 4) is 5.75 Å². The minimum atomic E-state index is -3.64. The van der Waals surface area contributed by atoms with E-state index < -0.39 is 15.1 Å². The van der Waals surface area contributed by atoms with E-state index >= 15 is 0 Å². The summed E-state index contributed by atoms with van der Waals surface area (Å²) in [5, 5.41) is 13.7. The summed E-state index contributed by atoms with van der Waals surface area (Å²) in [6.07, 6.45) is 6.32. The quantitative estimate of drug-likeness (QED) is 0.337. The molecule has 2 aromatic heterocycles. The molecular weight excluding hydrogens is 538 g/mol. The van der Waals surface area contributed by atoms with Crippen LogP contribution in [0.2, 0.25) is 5.02 Å². The van der Waals surface area contributed by atoms with Gasteiger partial charge in [-0.15, -0.1) is 0 Å². The topological polar surface area (TPSA) is 123 Å². The molecule has 0 unspecified atom stereocenters. The number of benzene rings is 1.